The van der Waals surface area contributed by atoms with Crippen molar-refractivity contribution < 1.29 is 29.0 Å². The van der Waals surface area contributed by atoms with Crippen molar-refractivity contribution in [2.24, 2.45) is 0 Å². The van der Waals surface area contributed by atoms with Crippen molar-refractivity contribution >= 4 is 28.8 Å². The Morgan fingerprint density at radius 3 is 2.73 bits per heavy atom. The molecule has 1 aromatic carbocycles. The van der Waals surface area contributed by atoms with E-state index in [9.17, 15) is 19.5 Å². The molecule has 142 valence electrons. The summed E-state index contributed by atoms with van der Waals surface area (Å²) in [5.41, 5.74) is 0.575. The number of amides is 3. The van der Waals surface area contributed by atoms with Crippen LogP contribution in [-0.2, 0) is 9.59 Å². The number of thioether (sulfide) groups is 1. The van der Waals surface area contributed by atoms with Crippen LogP contribution >= 0.6 is 11.8 Å². The standard InChI is InChI=1S/C17H22N2O6S/c1-24-11-3-4-12(14(9-11)25-2)13(20)5-6-15(21)18-7-8-19-16(22)10-26-17(19)23/h3-4,9,13,20H,5-8,10H2,1-2H3,(H,18,21). The van der Waals surface area contributed by atoms with Gasteiger partial charge in [0, 0.05) is 31.1 Å². The Bertz CT molecular complexity index is 665. The molecule has 0 bridgehead atoms. The minimum absolute atomic E-state index is 0.104. The lowest BCUT2D eigenvalue weighted by Crippen LogP contribution is -2.37. The normalized spacial score (nSPS) is 15.1. The SMILES string of the molecule is COc1ccc(C(O)CCC(=O)NCCN2C(=O)CSC2=O)c(OC)c1. The fourth-order valence-electron chi connectivity index (χ4n) is 2.51. The zero-order chi connectivity index (χ0) is 19.1. The van der Waals surface area contributed by atoms with Crippen LogP contribution in [-0.4, -0.2) is 60.1 Å². The molecule has 1 fully saturated rings. The number of methoxy groups -OCH3 is 2. The van der Waals surface area contributed by atoms with E-state index in [-0.39, 0.29) is 48.7 Å². The molecule has 0 radical (unpaired) electrons. The summed E-state index contributed by atoms with van der Waals surface area (Å²) in [6.07, 6.45) is -0.543. The van der Waals surface area contributed by atoms with Crippen molar-refractivity contribution in [1.29, 1.82) is 0 Å². The van der Waals surface area contributed by atoms with E-state index in [4.69, 9.17) is 9.47 Å². The Labute approximate surface area is 155 Å². The van der Waals surface area contributed by atoms with E-state index in [1.165, 1.54) is 14.2 Å². The number of hydrogen-bond acceptors (Lipinski definition) is 7. The third-order valence-corrected chi connectivity index (χ3v) is 4.80. The number of nitrogens with one attached hydrogen (secondary N) is 1. The summed E-state index contributed by atoms with van der Waals surface area (Å²) in [6.45, 7) is 0.351. The second-order valence-electron chi connectivity index (χ2n) is 5.61. The molecular weight excluding hydrogens is 360 g/mol. The summed E-state index contributed by atoms with van der Waals surface area (Å²) >= 11 is 0.961. The summed E-state index contributed by atoms with van der Waals surface area (Å²) < 4.78 is 10.4. The third-order valence-electron chi connectivity index (χ3n) is 3.94. The quantitative estimate of drug-likeness (QED) is 0.664. The van der Waals surface area contributed by atoms with E-state index in [2.05, 4.69) is 5.32 Å². The van der Waals surface area contributed by atoms with E-state index < -0.39 is 6.10 Å². The monoisotopic (exact) mass is 382 g/mol. The van der Waals surface area contributed by atoms with Crippen LogP contribution in [0, 0.1) is 0 Å². The molecule has 2 rings (SSSR count). The van der Waals surface area contributed by atoms with Crippen LogP contribution in [0.2, 0.25) is 0 Å². The van der Waals surface area contributed by atoms with Crippen LogP contribution in [0.1, 0.15) is 24.5 Å². The molecule has 0 saturated carbocycles. The number of rotatable bonds is 9. The minimum atomic E-state index is -0.861. The lowest BCUT2D eigenvalue weighted by atomic mass is 10.0. The Kier molecular flexibility index (Phi) is 7.28. The number of carbonyl (C=O) groups excluding carboxylic acids is 3. The third kappa shape index (κ3) is 5.12. The summed E-state index contributed by atoms with van der Waals surface area (Å²) in [4.78, 5) is 35.9. The average molecular weight is 382 g/mol. The molecule has 9 heteroatoms. The number of carbonyl (C=O) groups is 3. The Morgan fingerprint density at radius 2 is 2.12 bits per heavy atom. The molecule has 1 atom stereocenters. The van der Waals surface area contributed by atoms with E-state index in [0.29, 0.717) is 17.1 Å². The summed E-state index contributed by atoms with van der Waals surface area (Å²) in [5.74, 6) is 0.753. The van der Waals surface area contributed by atoms with Gasteiger partial charge >= 0.3 is 0 Å². The largest absolute Gasteiger partial charge is 0.497 e. The van der Waals surface area contributed by atoms with Gasteiger partial charge in [-0.05, 0) is 18.6 Å². The summed E-state index contributed by atoms with van der Waals surface area (Å²) in [6, 6.07) is 5.08. The number of nitrogens with zero attached hydrogens (tertiary/aromatic N) is 1. The van der Waals surface area contributed by atoms with E-state index in [1.54, 1.807) is 18.2 Å². The van der Waals surface area contributed by atoms with Crippen molar-refractivity contribution in [3.05, 3.63) is 23.8 Å². The van der Waals surface area contributed by atoms with Gasteiger partial charge in [0.1, 0.15) is 11.5 Å². The molecule has 0 spiro atoms. The van der Waals surface area contributed by atoms with Crippen molar-refractivity contribution in [3.8, 4) is 11.5 Å². The molecule has 26 heavy (non-hydrogen) atoms. The molecule has 1 saturated heterocycles. The molecular formula is C17H22N2O6S. The maximum absolute atomic E-state index is 11.9. The molecule has 1 aromatic rings. The van der Waals surface area contributed by atoms with Gasteiger partial charge in [-0.1, -0.05) is 11.8 Å². The van der Waals surface area contributed by atoms with Crippen molar-refractivity contribution in [1.82, 2.24) is 10.2 Å². The molecule has 8 nitrogen and oxygen atoms in total. The first-order chi connectivity index (χ1) is 12.5. The first-order valence-corrected chi connectivity index (χ1v) is 9.08. The minimum Gasteiger partial charge on any atom is -0.497 e. The average Bonchev–Trinajstić information content (AvgIpc) is 2.97. The van der Waals surface area contributed by atoms with Crippen molar-refractivity contribution in [2.75, 3.05) is 33.1 Å². The first-order valence-electron chi connectivity index (χ1n) is 8.10. The second kappa shape index (κ2) is 9.44. The van der Waals surface area contributed by atoms with Crippen LogP contribution in [0.25, 0.3) is 0 Å². The zero-order valence-corrected chi connectivity index (χ0v) is 15.5. The van der Waals surface area contributed by atoms with E-state index >= 15 is 0 Å². The molecule has 0 aliphatic carbocycles. The number of ether oxygens (including phenoxy) is 2. The van der Waals surface area contributed by atoms with Gasteiger partial charge in [-0.3, -0.25) is 19.3 Å². The summed E-state index contributed by atoms with van der Waals surface area (Å²) in [7, 11) is 3.04. The Balaban J connectivity index is 1.78. The number of hydrogen-bond donors (Lipinski definition) is 2. The van der Waals surface area contributed by atoms with Gasteiger partial charge in [0.2, 0.25) is 11.8 Å². The highest BCUT2D eigenvalue weighted by molar-refractivity contribution is 8.14. The molecule has 1 aliphatic rings. The smallest absolute Gasteiger partial charge is 0.288 e. The highest BCUT2D eigenvalue weighted by Gasteiger charge is 2.29. The zero-order valence-electron chi connectivity index (χ0n) is 14.7. The first kappa shape index (κ1) is 20.1. The van der Waals surface area contributed by atoms with Gasteiger partial charge in [0.15, 0.2) is 0 Å². The summed E-state index contributed by atoms with van der Waals surface area (Å²) in [5, 5.41) is 12.7. The fraction of sp³-hybridized carbons (Fsp3) is 0.471. The maximum atomic E-state index is 11.9. The molecule has 1 unspecified atom stereocenters. The maximum Gasteiger partial charge on any atom is 0.288 e. The molecule has 0 aromatic heterocycles. The molecule has 3 amide bonds. The van der Waals surface area contributed by atoms with Crippen LogP contribution < -0.4 is 14.8 Å². The number of aliphatic hydroxyl groups is 1. The van der Waals surface area contributed by atoms with Gasteiger partial charge in [0.05, 0.1) is 26.1 Å². The van der Waals surface area contributed by atoms with Crippen LogP contribution in [0.4, 0.5) is 4.79 Å². The second-order valence-corrected chi connectivity index (χ2v) is 6.54. The number of benzene rings is 1. The van der Waals surface area contributed by atoms with Crippen LogP contribution in [0.3, 0.4) is 0 Å². The van der Waals surface area contributed by atoms with Crippen molar-refractivity contribution in [3.63, 3.8) is 0 Å². The van der Waals surface area contributed by atoms with Gasteiger partial charge in [0.25, 0.3) is 5.24 Å². The molecule has 2 N–H and O–H groups in total. The van der Waals surface area contributed by atoms with Crippen LogP contribution in [0.5, 0.6) is 11.5 Å². The molecule has 1 heterocycles. The van der Waals surface area contributed by atoms with Gasteiger partial charge < -0.3 is 19.9 Å². The topological polar surface area (TPSA) is 105 Å². The highest BCUT2D eigenvalue weighted by atomic mass is 32.2. The van der Waals surface area contributed by atoms with Crippen molar-refractivity contribution in [2.45, 2.75) is 18.9 Å². The van der Waals surface area contributed by atoms with Crippen LogP contribution in [0.15, 0.2) is 18.2 Å². The number of aliphatic hydroxyl groups excluding tert-OH is 1. The van der Waals surface area contributed by atoms with E-state index in [1.807, 2.05) is 0 Å². The fourth-order valence-corrected chi connectivity index (χ4v) is 3.26. The van der Waals surface area contributed by atoms with E-state index in [0.717, 1.165) is 16.7 Å². The predicted molar refractivity (Wildman–Crippen MR) is 96.3 cm³/mol. The Morgan fingerprint density at radius 1 is 1.35 bits per heavy atom. The predicted octanol–water partition coefficient (Wildman–Crippen LogP) is 1.33. The highest BCUT2D eigenvalue weighted by Crippen LogP contribution is 2.31. The van der Waals surface area contributed by atoms with Gasteiger partial charge in [-0.15, -0.1) is 0 Å². The van der Waals surface area contributed by atoms with Gasteiger partial charge in [-0.2, -0.15) is 0 Å². The van der Waals surface area contributed by atoms with Gasteiger partial charge in [-0.25, -0.2) is 0 Å². The number of imide groups is 1. The Hall–Kier alpha value is -2.26. The lowest BCUT2D eigenvalue weighted by molar-refractivity contribution is -0.125. The lowest BCUT2D eigenvalue weighted by Gasteiger charge is -2.16. The molecule has 1 aliphatic heterocycles.